The van der Waals surface area contributed by atoms with Gasteiger partial charge in [-0.05, 0) is 55.0 Å². The van der Waals surface area contributed by atoms with E-state index in [0.29, 0.717) is 6.61 Å². The first kappa shape index (κ1) is 19.7. The number of hydrogen-bond donors (Lipinski definition) is 1. The number of amides is 1. The van der Waals surface area contributed by atoms with Crippen molar-refractivity contribution < 1.29 is 9.53 Å². The Morgan fingerprint density at radius 1 is 1.21 bits per heavy atom. The second kappa shape index (κ2) is 9.29. The van der Waals surface area contributed by atoms with Crippen LogP contribution in [0.1, 0.15) is 35.9 Å². The molecule has 6 heteroatoms. The normalized spacial score (nSPS) is 19.1. The molecule has 2 unspecified atom stereocenters. The summed E-state index contributed by atoms with van der Waals surface area (Å²) in [5.41, 5.74) is 2.35. The molecule has 1 aliphatic rings. The molecular weight excluding hydrogens is 382 g/mol. The summed E-state index contributed by atoms with van der Waals surface area (Å²) in [6, 6.07) is 18.4. The number of nitrogens with one attached hydrogen (secondary N) is 1. The molecule has 1 aromatic heterocycles. The van der Waals surface area contributed by atoms with E-state index >= 15 is 0 Å². The van der Waals surface area contributed by atoms with Crippen LogP contribution in [0.2, 0.25) is 0 Å². The van der Waals surface area contributed by atoms with Crippen LogP contribution in [0.5, 0.6) is 0 Å². The van der Waals surface area contributed by atoms with Crippen LogP contribution < -0.4 is 4.72 Å². The minimum absolute atomic E-state index is 0.00313. The summed E-state index contributed by atoms with van der Waals surface area (Å²) in [6.07, 6.45) is 5.28. The molecule has 150 valence electrons. The van der Waals surface area contributed by atoms with E-state index in [4.69, 9.17) is 4.74 Å². The monoisotopic (exact) mass is 407 g/mol. The number of hydrogen-bond acceptors (Lipinski definition) is 4. The van der Waals surface area contributed by atoms with Crippen LogP contribution in [0.4, 0.5) is 0 Å². The van der Waals surface area contributed by atoms with Crippen molar-refractivity contribution in [3.05, 3.63) is 83.9 Å². The maximum Gasteiger partial charge on any atom is 0.233 e. The van der Waals surface area contributed by atoms with Crippen molar-refractivity contribution in [3.63, 3.8) is 0 Å². The largest absolute Gasteiger partial charge is 0.373 e. The Morgan fingerprint density at radius 2 is 2.00 bits per heavy atom. The average molecular weight is 408 g/mol. The summed E-state index contributed by atoms with van der Waals surface area (Å²) in [6.45, 7) is 3.41. The molecule has 29 heavy (non-hydrogen) atoms. The molecule has 2 aromatic carbocycles. The van der Waals surface area contributed by atoms with Crippen LogP contribution in [-0.4, -0.2) is 22.1 Å². The molecule has 0 saturated carbocycles. The van der Waals surface area contributed by atoms with Gasteiger partial charge < -0.3 is 9.30 Å². The molecule has 0 bridgehead atoms. The van der Waals surface area contributed by atoms with Crippen molar-refractivity contribution in [1.82, 2.24) is 14.3 Å². The Kier molecular flexibility index (Phi) is 6.32. The molecule has 1 aliphatic heterocycles. The van der Waals surface area contributed by atoms with Crippen LogP contribution in [0.15, 0.2) is 71.9 Å². The Labute approximate surface area is 175 Å². The lowest BCUT2D eigenvalue weighted by Crippen LogP contribution is -2.32. The number of aryl methyl sites for hydroxylation is 1. The van der Waals surface area contributed by atoms with Gasteiger partial charge in [-0.25, -0.2) is 4.98 Å². The van der Waals surface area contributed by atoms with Crippen molar-refractivity contribution in [2.24, 2.45) is 5.92 Å². The summed E-state index contributed by atoms with van der Waals surface area (Å²) in [5, 5.41) is 0. The topological polar surface area (TPSA) is 56.2 Å². The highest BCUT2D eigenvalue weighted by atomic mass is 32.2. The van der Waals surface area contributed by atoms with Crippen LogP contribution >= 0.6 is 11.9 Å². The molecule has 0 radical (unpaired) electrons. The lowest BCUT2D eigenvalue weighted by atomic mass is 9.91. The molecule has 4 rings (SSSR count). The molecule has 5 nitrogen and oxygen atoms in total. The molecule has 3 aromatic rings. The Bertz CT molecular complexity index is 940. The predicted molar refractivity (Wildman–Crippen MR) is 114 cm³/mol. The SMILES string of the molecule is Cc1nccn1Cc1ccc(SNC(=O)C2CCOC(c3ccccc3)C2)cc1. The Morgan fingerprint density at radius 3 is 2.72 bits per heavy atom. The number of carbonyl (C=O) groups excluding carboxylic acids is 1. The lowest BCUT2D eigenvalue weighted by Gasteiger charge is -2.29. The number of ether oxygens (including phenoxy) is 1. The fraction of sp³-hybridized carbons (Fsp3) is 0.304. The average Bonchev–Trinajstić information content (AvgIpc) is 3.18. The number of carbonyl (C=O) groups is 1. The van der Waals surface area contributed by atoms with Gasteiger partial charge in [0.15, 0.2) is 0 Å². The lowest BCUT2D eigenvalue weighted by molar-refractivity contribution is -0.128. The number of benzene rings is 2. The van der Waals surface area contributed by atoms with Crippen molar-refractivity contribution in [3.8, 4) is 0 Å². The summed E-state index contributed by atoms with van der Waals surface area (Å²) in [4.78, 5) is 17.9. The smallest absolute Gasteiger partial charge is 0.233 e. The third kappa shape index (κ3) is 5.08. The third-order valence-corrected chi connectivity index (χ3v) is 6.11. The van der Waals surface area contributed by atoms with Crippen LogP contribution in [-0.2, 0) is 16.1 Å². The first-order valence-corrected chi connectivity index (χ1v) is 10.7. The summed E-state index contributed by atoms with van der Waals surface area (Å²) >= 11 is 1.38. The molecule has 2 atom stereocenters. The highest BCUT2D eigenvalue weighted by Crippen LogP contribution is 2.32. The van der Waals surface area contributed by atoms with Gasteiger partial charge in [0.25, 0.3) is 0 Å². The number of imidazole rings is 1. The standard InChI is InChI=1S/C23H25N3O2S/c1-17-24-12-13-26(17)16-18-7-9-21(10-8-18)29-25-23(27)20-11-14-28-22(15-20)19-5-3-2-4-6-19/h2-10,12-13,20,22H,11,14-16H2,1H3,(H,25,27). The third-order valence-electron chi connectivity index (χ3n) is 5.30. The zero-order chi connectivity index (χ0) is 20.1. The van der Waals surface area contributed by atoms with E-state index in [9.17, 15) is 4.79 Å². The van der Waals surface area contributed by atoms with Gasteiger partial charge in [0.1, 0.15) is 5.82 Å². The van der Waals surface area contributed by atoms with E-state index in [1.807, 2.05) is 49.6 Å². The molecule has 1 fully saturated rings. The Balaban J connectivity index is 1.29. The minimum atomic E-state index is -0.0232. The minimum Gasteiger partial charge on any atom is -0.373 e. The first-order chi connectivity index (χ1) is 14.2. The molecule has 2 heterocycles. The molecule has 0 aliphatic carbocycles. The highest BCUT2D eigenvalue weighted by molar-refractivity contribution is 7.98. The first-order valence-electron chi connectivity index (χ1n) is 9.89. The van der Waals surface area contributed by atoms with Gasteiger partial charge >= 0.3 is 0 Å². The second-order valence-corrected chi connectivity index (χ2v) is 8.19. The maximum atomic E-state index is 12.7. The summed E-state index contributed by atoms with van der Waals surface area (Å²) < 4.78 is 11.0. The molecule has 1 saturated heterocycles. The summed E-state index contributed by atoms with van der Waals surface area (Å²) in [5.74, 6) is 1.06. The number of nitrogens with zero attached hydrogens (tertiary/aromatic N) is 2. The van der Waals surface area contributed by atoms with E-state index in [1.165, 1.54) is 17.5 Å². The molecule has 1 amide bonds. The Hall–Kier alpha value is -2.57. The zero-order valence-electron chi connectivity index (χ0n) is 16.5. The fourth-order valence-corrected chi connectivity index (χ4v) is 4.22. The van der Waals surface area contributed by atoms with E-state index in [-0.39, 0.29) is 17.9 Å². The van der Waals surface area contributed by atoms with Crippen LogP contribution in [0.25, 0.3) is 0 Å². The van der Waals surface area contributed by atoms with E-state index < -0.39 is 0 Å². The van der Waals surface area contributed by atoms with Gasteiger partial charge in [0.2, 0.25) is 5.91 Å². The highest BCUT2D eigenvalue weighted by Gasteiger charge is 2.28. The van der Waals surface area contributed by atoms with Gasteiger partial charge in [-0.2, -0.15) is 0 Å². The second-order valence-electron chi connectivity index (χ2n) is 7.31. The van der Waals surface area contributed by atoms with Gasteiger partial charge in [-0.1, -0.05) is 42.5 Å². The van der Waals surface area contributed by atoms with Crippen molar-refractivity contribution in [2.45, 2.75) is 37.3 Å². The van der Waals surface area contributed by atoms with Crippen molar-refractivity contribution in [2.75, 3.05) is 6.61 Å². The van der Waals surface area contributed by atoms with Crippen molar-refractivity contribution in [1.29, 1.82) is 0 Å². The van der Waals surface area contributed by atoms with E-state index in [1.54, 1.807) is 0 Å². The van der Waals surface area contributed by atoms with Gasteiger partial charge in [-0.15, -0.1) is 0 Å². The van der Waals surface area contributed by atoms with Gasteiger partial charge in [-0.3, -0.25) is 9.52 Å². The van der Waals surface area contributed by atoms with Gasteiger partial charge in [0.05, 0.1) is 6.10 Å². The quantitative estimate of drug-likeness (QED) is 0.610. The predicted octanol–water partition coefficient (Wildman–Crippen LogP) is 4.53. The van der Waals surface area contributed by atoms with Gasteiger partial charge in [0, 0.05) is 36.4 Å². The number of rotatable bonds is 6. The fourth-order valence-electron chi connectivity index (χ4n) is 3.56. The zero-order valence-corrected chi connectivity index (χ0v) is 17.3. The van der Waals surface area contributed by atoms with E-state index in [2.05, 4.69) is 38.5 Å². The van der Waals surface area contributed by atoms with Crippen LogP contribution in [0.3, 0.4) is 0 Å². The van der Waals surface area contributed by atoms with E-state index in [0.717, 1.165) is 35.7 Å². The number of aromatic nitrogens is 2. The molecule has 1 N–H and O–H groups in total. The molecular formula is C23H25N3O2S. The maximum absolute atomic E-state index is 12.7. The van der Waals surface area contributed by atoms with Crippen LogP contribution in [0, 0.1) is 12.8 Å². The molecule has 0 spiro atoms. The summed E-state index contributed by atoms with van der Waals surface area (Å²) in [7, 11) is 0. The van der Waals surface area contributed by atoms with Crippen molar-refractivity contribution >= 4 is 17.9 Å².